The maximum Gasteiger partial charge on any atom is 0.103 e. The fourth-order valence-electron chi connectivity index (χ4n) is 2.15. The van der Waals surface area contributed by atoms with Gasteiger partial charge in [-0.1, -0.05) is 32.9 Å². The number of rotatable bonds is 9. The van der Waals surface area contributed by atoms with Crippen LogP contribution in [0.25, 0.3) is 0 Å². The molecule has 0 radical (unpaired) electrons. The SMILES string of the molecule is CCCNC(C)(C#N)CCCSc1ccc(C(C)C)cc1. The molecule has 1 rings (SSSR count). The number of hydrogen-bond donors (Lipinski definition) is 1. The summed E-state index contributed by atoms with van der Waals surface area (Å²) < 4.78 is 0. The van der Waals surface area contributed by atoms with E-state index in [4.69, 9.17) is 0 Å². The van der Waals surface area contributed by atoms with Crippen molar-refractivity contribution in [3.05, 3.63) is 29.8 Å². The standard InChI is InChI=1S/C18H28N2S/c1-5-12-20-18(4,14-19)11-6-13-21-17-9-7-16(8-10-17)15(2)3/h7-10,15,20H,5-6,11-13H2,1-4H3. The van der Waals surface area contributed by atoms with E-state index in [1.165, 1.54) is 10.5 Å². The molecule has 1 N–H and O–H groups in total. The fraction of sp³-hybridized carbons (Fsp3) is 0.611. The van der Waals surface area contributed by atoms with Gasteiger partial charge in [-0.15, -0.1) is 11.8 Å². The van der Waals surface area contributed by atoms with Crippen molar-refractivity contribution in [1.29, 1.82) is 5.26 Å². The molecule has 0 saturated heterocycles. The molecule has 21 heavy (non-hydrogen) atoms. The highest BCUT2D eigenvalue weighted by atomic mass is 32.2. The van der Waals surface area contributed by atoms with Crippen molar-refractivity contribution < 1.29 is 0 Å². The molecule has 0 spiro atoms. The van der Waals surface area contributed by atoms with Gasteiger partial charge in [0.25, 0.3) is 0 Å². The summed E-state index contributed by atoms with van der Waals surface area (Å²) in [5, 5.41) is 12.6. The van der Waals surface area contributed by atoms with Crippen molar-refractivity contribution in [2.75, 3.05) is 12.3 Å². The summed E-state index contributed by atoms with van der Waals surface area (Å²) in [6.07, 6.45) is 3.02. The first kappa shape index (κ1) is 18.1. The predicted octanol–water partition coefficient (Wildman–Crippen LogP) is 4.96. The number of thioether (sulfide) groups is 1. The minimum absolute atomic E-state index is 0.377. The third-order valence-corrected chi connectivity index (χ3v) is 4.75. The van der Waals surface area contributed by atoms with Crippen LogP contribution >= 0.6 is 11.8 Å². The van der Waals surface area contributed by atoms with E-state index in [0.717, 1.165) is 31.6 Å². The van der Waals surface area contributed by atoms with Crippen molar-refractivity contribution in [2.24, 2.45) is 0 Å². The average molecular weight is 305 g/mol. The van der Waals surface area contributed by atoms with Gasteiger partial charge in [0.15, 0.2) is 0 Å². The van der Waals surface area contributed by atoms with Gasteiger partial charge in [-0.3, -0.25) is 5.32 Å². The van der Waals surface area contributed by atoms with E-state index in [0.29, 0.717) is 5.92 Å². The van der Waals surface area contributed by atoms with E-state index in [1.54, 1.807) is 0 Å². The van der Waals surface area contributed by atoms with Crippen molar-refractivity contribution in [1.82, 2.24) is 5.32 Å². The normalized spacial score (nSPS) is 13.9. The largest absolute Gasteiger partial charge is 0.300 e. The average Bonchev–Trinajstić information content (AvgIpc) is 2.50. The maximum atomic E-state index is 9.29. The second-order valence-electron chi connectivity index (χ2n) is 6.05. The lowest BCUT2D eigenvalue weighted by Gasteiger charge is -2.22. The zero-order valence-electron chi connectivity index (χ0n) is 13.8. The summed E-state index contributed by atoms with van der Waals surface area (Å²) in [5.74, 6) is 1.65. The smallest absolute Gasteiger partial charge is 0.103 e. The summed E-state index contributed by atoms with van der Waals surface area (Å²) in [5.41, 5.74) is 1.01. The number of benzene rings is 1. The Kier molecular flexibility index (Phi) is 7.85. The van der Waals surface area contributed by atoms with Crippen LogP contribution in [0.3, 0.4) is 0 Å². The molecule has 3 heteroatoms. The molecule has 1 aromatic rings. The van der Waals surface area contributed by atoms with Crippen LogP contribution in [0, 0.1) is 11.3 Å². The highest BCUT2D eigenvalue weighted by Crippen LogP contribution is 2.23. The summed E-state index contributed by atoms with van der Waals surface area (Å²) in [6, 6.07) is 11.3. The monoisotopic (exact) mass is 304 g/mol. The number of nitrogens with zero attached hydrogens (tertiary/aromatic N) is 1. The zero-order valence-corrected chi connectivity index (χ0v) is 14.6. The van der Waals surface area contributed by atoms with Crippen molar-refractivity contribution in [3.63, 3.8) is 0 Å². The van der Waals surface area contributed by atoms with Crippen molar-refractivity contribution in [2.45, 2.75) is 63.3 Å². The molecule has 1 atom stereocenters. The van der Waals surface area contributed by atoms with E-state index in [-0.39, 0.29) is 5.54 Å². The van der Waals surface area contributed by atoms with E-state index >= 15 is 0 Å². The Hall–Kier alpha value is -0.980. The Labute approximate surface area is 134 Å². The number of hydrogen-bond acceptors (Lipinski definition) is 3. The quantitative estimate of drug-likeness (QED) is 0.517. The highest BCUT2D eigenvalue weighted by Gasteiger charge is 2.21. The van der Waals surface area contributed by atoms with Gasteiger partial charge in [0.05, 0.1) is 6.07 Å². The molecule has 0 aliphatic rings. The maximum absolute atomic E-state index is 9.29. The molecular weight excluding hydrogens is 276 g/mol. The molecule has 116 valence electrons. The Morgan fingerprint density at radius 1 is 1.29 bits per heavy atom. The first-order chi connectivity index (χ1) is 10.0. The molecule has 0 heterocycles. The van der Waals surface area contributed by atoms with Gasteiger partial charge in [-0.25, -0.2) is 0 Å². The third-order valence-electron chi connectivity index (χ3n) is 3.65. The highest BCUT2D eigenvalue weighted by molar-refractivity contribution is 7.99. The van der Waals surface area contributed by atoms with Gasteiger partial charge >= 0.3 is 0 Å². The van der Waals surface area contributed by atoms with Gasteiger partial charge < -0.3 is 0 Å². The first-order valence-electron chi connectivity index (χ1n) is 7.90. The molecule has 0 amide bonds. The van der Waals surface area contributed by atoms with Crippen LogP contribution < -0.4 is 5.32 Å². The van der Waals surface area contributed by atoms with Crippen LogP contribution in [0.4, 0.5) is 0 Å². The Morgan fingerprint density at radius 2 is 1.95 bits per heavy atom. The minimum Gasteiger partial charge on any atom is -0.300 e. The lowest BCUT2D eigenvalue weighted by Crippen LogP contribution is -2.41. The van der Waals surface area contributed by atoms with Gasteiger partial charge in [-0.2, -0.15) is 5.26 Å². The predicted molar refractivity (Wildman–Crippen MR) is 92.8 cm³/mol. The lowest BCUT2D eigenvalue weighted by atomic mass is 9.98. The second kappa shape index (κ2) is 9.12. The van der Waals surface area contributed by atoms with E-state index in [9.17, 15) is 5.26 Å². The summed E-state index contributed by atoms with van der Waals surface area (Å²) in [6.45, 7) is 9.47. The zero-order chi connectivity index (χ0) is 15.7. The van der Waals surface area contributed by atoms with Crippen molar-refractivity contribution >= 4 is 11.8 Å². The molecule has 1 aromatic carbocycles. The molecule has 2 nitrogen and oxygen atoms in total. The van der Waals surface area contributed by atoms with Crippen LogP contribution in [0.5, 0.6) is 0 Å². The number of nitriles is 1. The molecule has 0 fully saturated rings. The summed E-state index contributed by atoms with van der Waals surface area (Å²) >= 11 is 1.88. The van der Waals surface area contributed by atoms with Crippen LogP contribution in [-0.4, -0.2) is 17.8 Å². The van der Waals surface area contributed by atoms with E-state index < -0.39 is 0 Å². The topological polar surface area (TPSA) is 35.8 Å². The summed E-state index contributed by atoms with van der Waals surface area (Å²) in [4.78, 5) is 1.32. The Bertz CT molecular complexity index is 447. The molecule has 1 unspecified atom stereocenters. The minimum atomic E-state index is -0.377. The molecular formula is C18H28N2S. The molecule has 0 aromatic heterocycles. The lowest BCUT2D eigenvalue weighted by molar-refractivity contribution is 0.415. The van der Waals surface area contributed by atoms with Gasteiger partial charge in [0.1, 0.15) is 5.54 Å². The molecule has 0 bridgehead atoms. The summed E-state index contributed by atoms with van der Waals surface area (Å²) in [7, 11) is 0. The van der Waals surface area contributed by atoms with Crippen LogP contribution in [0.1, 0.15) is 58.4 Å². The van der Waals surface area contributed by atoms with Gasteiger partial charge in [0, 0.05) is 4.90 Å². The van der Waals surface area contributed by atoms with Crippen LogP contribution in [0.2, 0.25) is 0 Å². The van der Waals surface area contributed by atoms with Crippen molar-refractivity contribution in [3.8, 4) is 6.07 Å². The Balaban J connectivity index is 2.34. The molecule has 0 saturated carbocycles. The number of nitrogens with one attached hydrogen (secondary N) is 1. The first-order valence-corrected chi connectivity index (χ1v) is 8.88. The van der Waals surface area contributed by atoms with Gasteiger partial charge in [0.2, 0.25) is 0 Å². The van der Waals surface area contributed by atoms with E-state index in [2.05, 4.69) is 56.4 Å². The third kappa shape index (κ3) is 6.54. The molecule has 0 aliphatic heterocycles. The molecule has 0 aliphatic carbocycles. The Morgan fingerprint density at radius 3 is 2.48 bits per heavy atom. The second-order valence-corrected chi connectivity index (χ2v) is 7.21. The fourth-order valence-corrected chi connectivity index (χ4v) is 3.00. The van der Waals surface area contributed by atoms with Gasteiger partial charge in [-0.05, 0) is 62.1 Å². The van der Waals surface area contributed by atoms with Crippen LogP contribution in [-0.2, 0) is 0 Å². The van der Waals surface area contributed by atoms with E-state index in [1.807, 2.05) is 18.7 Å². The van der Waals surface area contributed by atoms with Crippen LogP contribution in [0.15, 0.2) is 29.2 Å².